The number of halogens is 1. The van der Waals surface area contributed by atoms with Crippen LogP contribution in [0.2, 0.25) is 5.02 Å². The van der Waals surface area contributed by atoms with Crippen LogP contribution in [0.25, 0.3) is 11.1 Å². The topological polar surface area (TPSA) is 154 Å². The van der Waals surface area contributed by atoms with Gasteiger partial charge in [-0.1, -0.05) is 17.7 Å². The highest BCUT2D eigenvalue weighted by Gasteiger charge is 2.42. The molecule has 7 rings (SSSR count). The Morgan fingerprint density at radius 3 is 2.23 bits per heavy atom. The van der Waals surface area contributed by atoms with E-state index in [9.17, 15) is 0 Å². The van der Waals surface area contributed by atoms with Gasteiger partial charge in [-0.05, 0) is 63.1 Å². The molecule has 2 aliphatic heterocycles. The molecule has 0 unspecified atom stereocenters. The van der Waals surface area contributed by atoms with Crippen molar-refractivity contribution in [3.05, 3.63) is 54.5 Å². The highest BCUT2D eigenvalue weighted by Crippen LogP contribution is 2.39. The molecule has 3 aliphatic rings. The molecular weight excluding hydrogens is 754 g/mol. The predicted molar refractivity (Wildman–Crippen MR) is 213 cm³/mol. The summed E-state index contributed by atoms with van der Waals surface area (Å²) in [7, 11) is 1.65. The van der Waals surface area contributed by atoms with Crippen molar-refractivity contribution < 1.29 is 33.2 Å². The summed E-state index contributed by atoms with van der Waals surface area (Å²) < 4.78 is 43.8. The lowest BCUT2D eigenvalue weighted by Gasteiger charge is -2.43. The number of fused-ring (bicyclic) bond motifs is 2. The van der Waals surface area contributed by atoms with Gasteiger partial charge in [-0.15, -0.1) is 5.10 Å². The molecule has 57 heavy (non-hydrogen) atoms. The van der Waals surface area contributed by atoms with E-state index in [0.29, 0.717) is 107 Å². The van der Waals surface area contributed by atoms with E-state index >= 15 is 0 Å². The van der Waals surface area contributed by atoms with Gasteiger partial charge < -0.3 is 38.5 Å². The quantitative estimate of drug-likeness (QED) is 0.0924. The molecule has 1 N–H and O–H groups in total. The van der Waals surface area contributed by atoms with Gasteiger partial charge in [-0.3, -0.25) is 9.58 Å². The largest absolute Gasteiger partial charge is 0.487 e. The predicted octanol–water partition coefficient (Wildman–Crippen LogP) is 5.61. The van der Waals surface area contributed by atoms with Gasteiger partial charge in [0.05, 0.1) is 83.3 Å². The van der Waals surface area contributed by atoms with Gasteiger partial charge in [0.15, 0.2) is 0 Å². The Kier molecular flexibility index (Phi) is 15.4. The van der Waals surface area contributed by atoms with Crippen LogP contribution in [-0.4, -0.2) is 137 Å². The third kappa shape index (κ3) is 11.6. The molecule has 1 aromatic carbocycles. The van der Waals surface area contributed by atoms with Crippen molar-refractivity contribution in [3.8, 4) is 22.8 Å². The van der Waals surface area contributed by atoms with E-state index in [-0.39, 0.29) is 12.1 Å². The summed E-state index contributed by atoms with van der Waals surface area (Å²) in [5, 5.41) is 13.0. The summed E-state index contributed by atoms with van der Waals surface area (Å²) in [5.74, 6) is 1.53. The van der Waals surface area contributed by atoms with Gasteiger partial charge >= 0.3 is 0 Å². The van der Waals surface area contributed by atoms with Crippen LogP contribution in [0.3, 0.4) is 0 Å². The zero-order valence-electron chi connectivity index (χ0n) is 33.0. The van der Waals surface area contributed by atoms with Crippen LogP contribution < -0.4 is 14.8 Å². The van der Waals surface area contributed by atoms with Gasteiger partial charge in [-0.25, -0.2) is 19.6 Å². The molecule has 1 saturated carbocycles. The van der Waals surface area contributed by atoms with Crippen LogP contribution in [0.15, 0.2) is 49.4 Å². The summed E-state index contributed by atoms with van der Waals surface area (Å²) >= 11 is 6.51. The summed E-state index contributed by atoms with van der Waals surface area (Å²) in [4.78, 5) is 16.1. The fourth-order valence-electron chi connectivity index (χ4n) is 7.93. The molecule has 1 aliphatic carbocycles. The number of rotatable bonds is 23. The lowest BCUT2D eigenvalue weighted by Crippen LogP contribution is -2.52. The smallest absolute Gasteiger partial charge is 0.256 e. The first kappa shape index (κ1) is 41.3. The first-order valence-electron chi connectivity index (χ1n) is 20.2. The number of anilines is 2. The van der Waals surface area contributed by atoms with Crippen molar-refractivity contribution in [2.75, 3.05) is 78.5 Å². The number of hydrogen-bond acceptors (Lipinski definition) is 14. The van der Waals surface area contributed by atoms with Crippen molar-refractivity contribution in [1.82, 2.24) is 39.4 Å². The van der Waals surface area contributed by atoms with Crippen molar-refractivity contribution >= 4 is 23.2 Å². The van der Waals surface area contributed by atoms with Gasteiger partial charge in [0, 0.05) is 56.2 Å². The van der Waals surface area contributed by atoms with Crippen molar-refractivity contribution in [1.29, 1.82) is 0 Å². The number of morpholine rings is 1. The number of aromatic nitrogens is 7. The van der Waals surface area contributed by atoms with Crippen LogP contribution in [0.4, 0.5) is 11.6 Å². The van der Waals surface area contributed by atoms with E-state index in [0.717, 1.165) is 55.7 Å². The van der Waals surface area contributed by atoms with E-state index in [1.54, 1.807) is 30.5 Å². The molecule has 3 atom stereocenters. The molecule has 5 heterocycles. The van der Waals surface area contributed by atoms with Crippen molar-refractivity contribution in [2.45, 2.75) is 88.7 Å². The minimum absolute atomic E-state index is 0.177. The second-order valence-electron chi connectivity index (χ2n) is 14.8. The van der Waals surface area contributed by atoms with Gasteiger partial charge in [0.25, 0.3) is 5.88 Å². The molecule has 0 spiro atoms. The third-order valence-corrected chi connectivity index (χ3v) is 11.0. The standard InChI is InChI=1S/C40H56ClN9O7/c1-29(23-48-28-42-27-45-48)57-38-20-30(4-11-36(38)41)31-21-43-40(44-22-31)46-37-24-49(32-5-7-33(8-6-32)50-34-9-10-35(50)26-55-25-34)47-39(37)56-13-3-12-52-16-17-54-19-18-53-15-14-51-2/h4,11,20-22,24,27-29,32-35H,3,5-10,12-19,23,25-26H2,1-2H3,(H,43,44,46)/t29-,32-,33-,34-,35+/m0/s1. The van der Waals surface area contributed by atoms with Crippen molar-refractivity contribution in [2.24, 2.45) is 0 Å². The Labute approximate surface area is 339 Å². The zero-order valence-corrected chi connectivity index (χ0v) is 33.8. The Hall–Kier alpha value is -3.90. The third-order valence-electron chi connectivity index (χ3n) is 10.7. The second kappa shape index (κ2) is 21.2. The van der Waals surface area contributed by atoms with E-state index in [1.165, 1.54) is 19.2 Å². The summed E-state index contributed by atoms with van der Waals surface area (Å²) in [6.07, 6.45) is 16.2. The maximum absolute atomic E-state index is 6.51. The van der Waals surface area contributed by atoms with E-state index in [2.05, 4.69) is 34.9 Å². The van der Waals surface area contributed by atoms with Gasteiger partial charge in [0.1, 0.15) is 30.2 Å². The molecule has 3 aromatic heterocycles. The Morgan fingerprint density at radius 2 is 1.53 bits per heavy atom. The molecule has 16 nitrogen and oxygen atoms in total. The molecule has 17 heteroatoms. The summed E-state index contributed by atoms with van der Waals surface area (Å²) in [6.45, 7) is 8.48. The average molecular weight is 810 g/mol. The van der Waals surface area contributed by atoms with Crippen LogP contribution in [0, 0.1) is 0 Å². The second-order valence-corrected chi connectivity index (χ2v) is 15.2. The summed E-state index contributed by atoms with van der Waals surface area (Å²) in [6, 6.07) is 7.70. The van der Waals surface area contributed by atoms with Crippen LogP contribution >= 0.6 is 11.6 Å². The fraction of sp³-hybridized carbons (Fsp3) is 0.625. The molecule has 0 amide bonds. The maximum Gasteiger partial charge on any atom is 0.256 e. The van der Waals surface area contributed by atoms with Gasteiger partial charge in [-0.2, -0.15) is 5.10 Å². The Balaban J connectivity index is 0.945. The molecule has 3 fully saturated rings. The minimum Gasteiger partial charge on any atom is -0.487 e. The first-order valence-corrected chi connectivity index (χ1v) is 20.6. The highest BCUT2D eigenvalue weighted by molar-refractivity contribution is 6.32. The monoisotopic (exact) mass is 809 g/mol. The Bertz CT molecular complexity index is 1760. The molecule has 2 saturated heterocycles. The van der Waals surface area contributed by atoms with E-state index in [4.69, 9.17) is 49.9 Å². The molecule has 4 aromatic rings. The van der Waals surface area contributed by atoms with E-state index < -0.39 is 0 Å². The first-order chi connectivity index (χ1) is 28.0. The molecule has 2 bridgehead atoms. The van der Waals surface area contributed by atoms with Crippen LogP contribution in [-0.2, 0) is 30.2 Å². The van der Waals surface area contributed by atoms with Crippen molar-refractivity contribution in [3.63, 3.8) is 0 Å². The lowest BCUT2D eigenvalue weighted by atomic mass is 9.89. The number of hydrogen-bond donors (Lipinski definition) is 1. The number of nitrogens with zero attached hydrogens (tertiary/aromatic N) is 8. The lowest BCUT2D eigenvalue weighted by molar-refractivity contribution is -0.0458. The number of methoxy groups -OCH3 is 1. The normalized spacial score (nSPS) is 21.5. The fourth-order valence-corrected chi connectivity index (χ4v) is 8.09. The SMILES string of the molecule is COCCOCCOCCOCCCOc1nn([C@H]2CC[C@H](N3[C@@H]4CC[C@H]3COC4)CC2)cc1Nc1ncc(-c2ccc(Cl)c(O[C@@H](C)Cn3cncn3)c2)cn1. The maximum atomic E-state index is 6.51. The number of ether oxygens (including phenoxy) is 7. The van der Waals surface area contributed by atoms with Crippen LogP contribution in [0.1, 0.15) is 57.9 Å². The summed E-state index contributed by atoms with van der Waals surface area (Å²) in [5.41, 5.74) is 2.43. The molecule has 0 radical (unpaired) electrons. The zero-order chi connectivity index (χ0) is 39.2. The average Bonchev–Trinajstić information content (AvgIpc) is 3.95. The minimum atomic E-state index is -0.177. The molecule has 310 valence electrons. The highest BCUT2D eigenvalue weighted by atomic mass is 35.5. The van der Waals surface area contributed by atoms with E-state index in [1.807, 2.05) is 31.3 Å². The number of nitrogens with one attached hydrogen (secondary N) is 1. The van der Waals surface area contributed by atoms with Gasteiger partial charge in [0.2, 0.25) is 5.95 Å². The number of benzene rings is 1. The Morgan fingerprint density at radius 1 is 0.842 bits per heavy atom. The van der Waals surface area contributed by atoms with Crippen LogP contribution in [0.5, 0.6) is 11.6 Å². The molecular formula is C40H56ClN9O7.